The maximum absolute atomic E-state index is 12.2. The van der Waals surface area contributed by atoms with Crippen LogP contribution in [0.3, 0.4) is 0 Å². The van der Waals surface area contributed by atoms with Crippen LogP contribution in [0, 0.1) is 24.3 Å². The molecular weight excluding hydrogens is 274 g/mol. The quantitative estimate of drug-likeness (QED) is 0.667. The van der Waals surface area contributed by atoms with Gasteiger partial charge in [0.25, 0.3) is 11.8 Å². The van der Waals surface area contributed by atoms with Gasteiger partial charge in [-0.3, -0.25) is 14.5 Å². The SMILES string of the molecule is Cc1ccsc1C(=O)N[C@@H](CC(C)C)C(=O)N(C)C#N. The molecular formula is C14H19N3O2S. The lowest BCUT2D eigenvalue weighted by Gasteiger charge is -2.21. The molecule has 20 heavy (non-hydrogen) atoms. The van der Waals surface area contributed by atoms with Crippen LogP contribution in [0.15, 0.2) is 11.4 Å². The number of nitrogens with zero attached hydrogens (tertiary/aromatic N) is 2. The minimum Gasteiger partial charge on any atom is -0.339 e. The molecule has 0 radical (unpaired) electrons. The Hall–Kier alpha value is -1.87. The van der Waals surface area contributed by atoms with Gasteiger partial charge in [-0.1, -0.05) is 13.8 Å². The van der Waals surface area contributed by atoms with Crippen LogP contribution >= 0.6 is 11.3 Å². The molecule has 1 aromatic heterocycles. The number of likely N-dealkylation sites (N-methyl/N-ethyl adjacent to an activating group) is 1. The molecule has 1 heterocycles. The predicted molar refractivity (Wildman–Crippen MR) is 78.1 cm³/mol. The normalized spacial score (nSPS) is 11.8. The van der Waals surface area contributed by atoms with Gasteiger partial charge in [0.2, 0.25) is 0 Å². The van der Waals surface area contributed by atoms with Crippen molar-refractivity contribution in [3.8, 4) is 6.19 Å². The van der Waals surface area contributed by atoms with Gasteiger partial charge in [0.15, 0.2) is 6.19 Å². The van der Waals surface area contributed by atoms with Gasteiger partial charge in [0, 0.05) is 7.05 Å². The summed E-state index contributed by atoms with van der Waals surface area (Å²) in [7, 11) is 1.40. The molecule has 1 aromatic rings. The highest BCUT2D eigenvalue weighted by Crippen LogP contribution is 2.16. The van der Waals surface area contributed by atoms with Gasteiger partial charge in [-0.05, 0) is 36.3 Å². The number of hydrogen-bond acceptors (Lipinski definition) is 4. The first-order chi connectivity index (χ1) is 9.36. The van der Waals surface area contributed by atoms with Gasteiger partial charge in [-0.25, -0.2) is 0 Å². The molecule has 108 valence electrons. The van der Waals surface area contributed by atoms with E-state index in [1.165, 1.54) is 18.4 Å². The summed E-state index contributed by atoms with van der Waals surface area (Å²) in [5, 5.41) is 13.4. The van der Waals surface area contributed by atoms with Crippen molar-refractivity contribution in [2.24, 2.45) is 5.92 Å². The lowest BCUT2D eigenvalue weighted by molar-refractivity contribution is -0.129. The van der Waals surface area contributed by atoms with E-state index in [1.807, 2.05) is 32.2 Å². The summed E-state index contributed by atoms with van der Waals surface area (Å²) in [6, 6.07) is 1.19. The molecule has 1 N–H and O–H groups in total. The summed E-state index contributed by atoms with van der Waals surface area (Å²) < 4.78 is 0. The molecule has 0 aromatic carbocycles. The molecule has 1 rings (SSSR count). The molecule has 0 fully saturated rings. The van der Waals surface area contributed by atoms with Gasteiger partial charge in [-0.2, -0.15) is 5.26 Å². The molecule has 0 saturated heterocycles. The molecule has 6 heteroatoms. The molecule has 0 saturated carbocycles. The lowest BCUT2D eigenvalue weighted by atomic mass is 10.0. The van der Waals surface area contributed by atoms with Crippen molar-refractivity contribution in [3.63, 3.8) is 0 Å². The Morgan fingerprint density at radius 2 is 2.15 bits per heavy atom. The number of carbonyl (C=O) groups is 2. The van der Waals surface area contributed by atoms with Crippen LogP contribution < -0.4 is 5.32 Å². The number of carbonyl (C=O) groups excluding carboxylic acids is 2. The van der Waals surface area contributed by atoms with E-state index in [4.69, 9.17) is 5.26 Å². The van der Waals surface area contributed by atoms with Crippen molar-refractivity contribution < 1.29 is 9.59 Å². The standard InChI is InChI=1S/C14H19N3O2S/c1-9(2)7-11(14(19)17(4)8-15)16-13(18)12-10(3)5-6-20-12/h5-6,9,11H,7H2,1-4H3,(H,16,18)/t11-/m0/s1. The predicted octanol–water partition coefficient (Wildman–Crippen LogP) is 2.14. The van der Waals surface area contributed by atoms with Crippen LogP contribution in [0.1, 0.15) is 35.5 Å². The fourth-order valence-electron chi connectivity index (χ4n) is 1.81. The first-order valence-corrected chi connectivity index (χ1v) is 7.27. The third kappa shape index (κ3) is 4.07. The second kappa shape index (κ2) is 7.06. The minimum atomic E-state index is -0.673. The smallest absolute Gasteiger partial charge is 0.262 e. The van der Waals surface area contributed by atoms with Crippen molar-refractivity contribution in [2.75, 3.05) is 7.05 Å². The van der Waals surface area contributed by atoms with E-state index in [2.05, 4.69) is 5.32 Å². The summed E-state index contributed by atoms with van der Waals surface area (Å²) in [4.78, 5) is 25.8. The summed E-state index contributed by atoms with van der Waals surface area (Å²) >= 11 is 1.34. The van der Waals surface area contributed by atoms with Crippen molar-refractivity contribution in [3.05, 3.63) is 21.9 Å². The average Bonchev–Trinajstić information content (AvgIpc) is 2.81. The van der Waals surface area contributed by atoms with Crippen LogP contribution in [0.5, 0.6) is 0 Å². The molecule has 0 aliphatic rings. The molecule has 2 amide bonds. The molecule has 0 spiro atoms. The van der Waals surface area contributed by atoms with E-state index >= 15 is 0 Å². The van der Waals surface area contributed by atoms with Crippen LogP contribution in [0.4, 0.5) is 0 Å². The number of amides is 2. The number of rotatable bonds is 5. The van der Waals surface area contributed by atoms with Crippen LogP contribution in [0.25, 0.3) is 0 Å². The van der Waals surface area contributed by atoms with Crippen LogP contribution in [-0.2, 0) is 4.79 Å². The topological polar surface area (TPSA) is 73.2 Å². The van der Waals surface area contributed by atoms with Crippen molar-refractivity contribution in [1.82, 2.24) is 10.2 Å². The summed E-state index contributed by atoms with van der Waals surface area (Å²) in [6.45, 7) is 5.79. The number of nitriles is 1. The van der Waals surface area contributed by atoms with E-state index in [9.17, 15) is 9.59 Å². The third-order valence-corrected chi connectivity index (χ3v) is 3.87. The average molecular weight is 293 g/mol. The molecule has 0 bridgehead atoms. The van der Waals surface area contributed by atoms with Crippen LogP contribution in [-0.4, -0.2) is 29.8 Å². The fraction of sp³-hybridized carbons (Fsp3) is 0.500. The molecule has 5 nitrogen and oxygen atoms in total. The van der Waals surface area contributed by atoms with Gasteiger partial charge in [0.05, 0.1) is 4.88 Å². The first-order valence-electron chi connectivity index (χ1n) is 6.39. The van der Waals surface area contributed by atoms with E-state index in [0.29, 0.717) is 11.3 Å². The second-order valence-electron chi connectivity index (χ2n) is 5.09. The monoisotopic (exact) mass is 293 g/mol. The molecule has 0 unspecified atom stereocenters. The summed E-state index contributed by atoms with van der Waals surface area (Å²) in [5.41, 5.74) is 0.886. The van der Waals surface area contributed by atoms with Gasteiger partial charge >= 0.3 is 0 Å². The Morgan fingerprint density at radius 1 is 1.50 bits per heavy atom. The molecule has 1 atom stereocenters. The zero-order chi connectivity index (χ0) is 15.3. The Labute approximate surface area is 123 Å². The van der Waals surface area contributed by atoms with Crippen molar-refractivity contribution >= 4 is 23.2 Å². The summed E-state index contributed by atoms with van der Waals surface area (Å²) in [6.07, 6.45) is 2.27. The fourth-order valence-corrected chi connectivity index (χ4v) is 2.63. The Kier molecular flexibility index (Phi) is 5.71. The third-order valence-electron chi connectivity index (χ3n) is 2.86. The minimum absolute atomic E-state index is 0.237. The Morgan fingerprint density at radius 3 is 2.60 bits per heavy atom. The molecule has 0 aliphatic heterocycles. The number of hydrogen-bond donors (Lipinski definition) is 1. The highest BCUT2D eigenvalue weighted by atomic mass is 32.1. The van der Waals surface area contributed by atoms with Crippen molar-refractivity contribution in [2.45, 2.75) is 33.2 Å². The largest absolute Gasteiger partial charge is 0.339 e. The number of thiophene rings is 1. The van der Waals surface area contributed by atoms with Gasteiger partial charge < -0.3 is 5.32 Å². The van der Waals surface area contributed by atoms with E-state index in [-0.39, 0.29) is 17.7 Å². The van der Waals surface area contributed by atoms with E-state index in [0.717, 1.165) is 10.5 Å². The zero-order valence-corrected chi connectivity index (χ0v) is 13.0. The van der Waals surface area contributed by atoms with Crippen LogP contribution in [0.2, 0.25) is 0 Å². The summed E-state index contributed by atoms with van der Waals surface area (Å²) in [5.74, 6) is -0.410. The van der Waals surface area contributed by atoms with E-state index in [1.54, 1.807) is 6.19 Å². The highest BCUT2D eigenvalue weighted by Gasteiger charge is 2.26. The van der Waals surface area contributed by atoms with Crippen molar-refractivity contribution in [1.29, 1.82) is 5.26 Å². The van der Waals surface area contributed by atoms with Gasteiger partial charge in [0.1, 0.15) is 6.04 Å². The highest BCUT2D eigenvalue weighted by molar-refractivity contribution is 7.12. The zero-order valence-electron chi connectivity index (χ0n) is 12.1. The maximum atomic E-state index is 12.2. The maximum Gasteiger partial charge on any atom is 0.262 e. The Balaban J connectivity index is 2.85. The molecule has 0 aliphatic carbocycles. The number of aryl methyl sites for hydroxylation is 1. The number of nitrogens with one attached hydrogen (secondary N) is 1. The Bertz CT molecular complexity index is 531. The van der Waals surface area contributed by atoms with Gasteiger partial charge in [-0.15, -0.1) is 11.3 Å². The second-order valence-corrected chi connectivity index (χ2v) is 6.00. The lowest BCUT2D eigenvalue weighted by Crippen LogP contribution is -2.46. The first kappa shape index (κ1) is 16.2. The van der Waals surface area contributed by atoms with E-state index < -0.39 is 6.04 Å².